The maximum Gasteiger partial charge on any atom is 0.0316 e. The largest absolute Gasteiger partial charge is 0.399 e. The van der Waals surface area contributed by atoms with Crippen molar-refractivity contribution in [1.29, 1.82) is 0 Å². The quantitative estimate of drug-likeness (QED) is 0.830. The van der Waals surface area contributed by atoms with E-state index in [4.69, 9.17) is 5.73 Å². The minimum Gasteiger partial charge on any atom is -0.399 e. The second-order valence-electron chi connectivity index (χ2n) is 6.65. The normalized spacial score (nSPS) is 21.4. The Bertz CT molecular complexity index is 392. The molecule has 18 heavy (non-hydrogen) atoms. The Morgan fingerprint density at radius 1 is 1.33 bits per heavy atom. The lowest BCUT2D eigenvalue weighted by Crippen LogP contribution is -2.27. The van der Waals surface area contributed by atoms with E-state index in [9.17, 15) is 0 Å². The average molecular weight is 246 g/mol. The van der Waals surface area contributed by atoms with Crippen LogP contribution in [0.1, 0.15) is 32.8 Å². The lowest BCUT2D eigenvalue weighted by atomic mass is 9.80. The molecular weight excluding hydrogens is 220 g/mol. The molecule has 0 radical (unpaired) electrons. The molecule has 0 spiro atoms. The first-order valence-corrected chi connectivity index (χ1v) is 7.02. The van der Waals surface area contributed by atoms with Gasteiger partial charge in [0.1, 0.15) is 0 Å². The molecule has 2 N–H and O–H groups in total. The maximum atomic E-state index is 5.81. The minimum atomic E-state index is 0.450. The summed E-state index contributed by atoms with van der Waals surface area (Å²) in [6, 6.07) is 8.27. The van der Waals surface area contributed by atoms with E-state index >= 15 is 0 Å². The zero-order valence-electron chi connectivity index (χ0n) is 11.9. The fourth-order valence-electron chi connectivity index (χ4n) is 2.78. The topological polar surface area (TPSA) is 29.3 Å². The van der Waals surface area contributed by atoms with Gasteiger partial charge in [-0.2, -0.15) is 0 Å². The molecule has 0 amide bonds. The van der Waals surface area contributed by atoms with Crippen LogP contribution in [0.5, 0.6) is 0 Å². The summed E-state index contributed by atoms with van der Waals surface area (Å²) < 4.78 is 0. The molecule has 1 unspecified atom stereocenters. The Morgan fingerprint density at radius 3 is 2.72 bits per heavy atom. The third kappa shape index (κ3) is 3.49. The predicted molar refractivity (Wildman–Crippen MR) is 78.6 cm³/mol. The third-order valence-corrected chi connectivity index (χ3v) is 4.16. The molecule has 1 fully saturated rings. The number of hydrogen-bond acceptors (Lipinski definition) is 2. The highest BCUT2D eigenvalue weighted by Gasteiger charge is 2.31. The van der Waals surface area contributed by atoms with Crippen molar-refractivity contribution in [3.05, 3.63) is 29.8 Å². The first kappa shape index (κ1) is 13.4. The van der Waals surface area contributed by atoms with Gasteiger partial charge in [0.15, 0.2) is 0 Å². The molecule has 100 valence electrons. The van der Waals surface area contributed by atoms with E-state index in [-0.39, 0.29) is 0 Å². The summed E-state index contributed by atoms with van der Waals surface area (Å²) in [6.45, 7) is 10.8. The number of benzene rings is 1. The Kier molecular flexibility index (Phi) is 3.96. The van der Waals surface area contributed by atoms with E-state index in [1.165, 1.54) is 25.1 Å². The number of nitrogens with two attached hydrogens (primary N) is 1. The van der Waals surface area contributed by atoms with Gasteiger partial charge in [-0.25, -0.2) is 0 Å². The van der Waals surface area contributed by atoms with Crippen LogP contribution in [0.2, 0.25) is 0 Å². The molecule has 2 rings (SSSR count). The molecule has 0 aliphatic carbocycles. The molecule has 0 bridgehead atoms. The van der Waals surface area contributed by atoms with Crippen molar-refractivity contribution in [1.82, 2.24) is 4.90 Å². The molecule has 1 aromatic rings. The number of anilines is 1. The van der Waals surface area contributed by atoms with Gasteiger partial charge in [-0.05, 0) is 48.4 Å². The highest BCUT2D eigenvalue weighted by molar-refractivity contribution is 5.40. The number of nitrogens with zero attached hydrogens (tertiary/aromatic N) is 1. The number of likely N-dealkylation sites (tertiary alicyclic amines) is 1. The van der Waals surface area contributed by atoms with Crippen molar-refractivity contribution in [2.45, 2.75) is 33.6 Å². The Hall–Kier alpha value is -1.02. The molecule has 1 aliphatic rings. The van der Waals surface area contributed by atoms with Gasteiger partial charge in [-0.15, -0.1) is 0 Å². The molecular formula is C16H26N2. The average Bonchev–Trinajstić information content (AvgIpc) is 2.74. The maximum absolute atomic E-state index is 5.81. The lowest BCUT2D eigenvalue weighted by Gasteiger charge is -2.27. The smallest absolute Gasteiger partial charge is 0.0316 e. The van der Waals surface area contributed by atoms with Crippen LogP contribution < -0.4 is 5.73 Å². The minimum absolute atomic E-state index is 0.450. The van der Waals surface area contributed by atoms with Gasteiger partial charge < -0.3 is 10.6 Å². The first-order valence-electron chi connectivity index (χ1n) is 7.02. The lowest BCUT2D eigenvalue weighted by molar-refractivity contribution is 0.230. The van der Waals surface area contributed by atoms with Crippen molar-refractivity contribution >= 4 is 5.69 Å². The van der Waals surface area contributed by atoms with E-state index in [1.807, 2.05) is 12.1 Å². The molecule has 1 heterocycles. The summed E-state index contributed by atoms with van der Waals surface area (Å²) in [6.07, 6.45) is 2.46. The van der Waals surface area contributed by atoms with Crippen molar-refractivity contribution in [3.63, 3.8) is 0 Å². The summed E-state index contributed by atoms with van der Waals surface area (Å²) in [5.74, 6) is 0.846. The highest BCUT2D eigenvalue weighted by atomic mass is 15.1. The van der Waals surface area contributed by atoms with Crippen LogP contribution >= 0.6 is 0 Å². The Morgan fingerprint density at radius 2 is 2.11 bits per heavy atom. The van der Waals surface area contributed by atoms with Crippen LogP contribution in [-0.4, -0.2) is 24.5 Å². The van der Waals surface area contributed by atoms with E-state index in [2.05, 4.69) is 37.8 Å². The van der Waals surface area contributed by atoms with Crippen LogP contribution in [0.4, 0.5) is 5.69 Å². The Balaban J connectivity index is 1.82. The van der Waals surface area contributed by atoms with Gasteiger partial charge in [-0.3, -0.25) is 0 Å². The molecule has 0 aromatic heterocycles. The summed E-state index contributed by atoms with van der Waals surface area (Å²) >= 11 is 0. The number of hydrogen-bond donors (Lipinski definition) is 1. The zero-order chi connectivity index (χ0) is 13.2. The van der Waals surface area contributed by atoms with Crippen molar-refractivity contribution in [2.24, 2.45) is 11.3 Å². The van der Waals surface area contributed by atoms with Crippen molar-refractivity contribution < 1.29 is 0 Å². The molecule has 1 aromatic carbocycles. The van der Waals surface area contributed by atoms with Crippen LogP contribution in [0, 0.1) is 11.3 Å². The van der Waals surface area contributed by atoms with Gasteiger partial charge in [0.2, 0.25) is 0 Å². The molecule has 1 atom stereocenters. The molecule has 2 nitrogen and oxygen atoms in total. The van der Waals surface area contributed by atoms with Gasteiger partial charge >= 0.3 is 0 Å². The zero-order valence-corrected chi connectivity index (χ0v) is 11.9. The third-order valence-electron chi connectivity index (χ3n) is 4.16. The van der Waals surface area contributed by atoms with Crippen molar-refractivity contribution in [3.8, 4) is 0 Å². The standard InChI is InChI=1S/C16H26N2/c1-16(2,3)14-8-10-18(12-14)9-7-13-5-4-6-15(17)11-13/h4-6,11,14H,7-10,12,17H2,1-3H3. The van der Waals surface area contributed by atoms with Crippen LogP contribution in [0.15, 0.2) is 24.3 Å². The fourth-order valence-corrected chi connectivity index (χ4v) is 2.78. The SMILES string of the molecule is CC(C)(C)C1CCN(CCc2cccc(N)c2)C1. The molecule has 2 heteroatoms. The molecule has 1 aliphatic heterocycles. The Labute approximate surface area is 111 Å². The highest BCUT2D eigenvalue weighted by Crippen LogP contribution is 2.33. The van der Waals surface area contributed by atoms with Gasteiger partial charge in [0.25, 0.3) is 0 Å². The molecule has 1 saturated heterocycles. The van der Waals surface area contributed by atoms with E-state index in [0.29, 0.717) is 5.41 Å². The monoisotopic (exact) mass is 246 g/mol. The van der Waals surface area contributed by atoms with Gasteiger partial charge in [0.05, 0.1) is 0 Å². The van der Waals surface area contributed by atoms with Crippen molar-refractivity contribution in [2.75, 3.05) is 25.4 Å². The van der Waals surface area contributed by atoms with Crippen LogP contribution in [0.3, 0.4) is 0 Å². The summed E-state index contributed by atoms with van der Waals surface area (Å²) in [7, 11) is 0. The number of nitrogen functional groups attached to an aromatic ring is 1. The van der Waals surface area contributed by atoms with E-state index in [0.717, 1.165) is 24.6 Å². The first-order chi connectivity index (χ1) is 8.45. The van der Waals surface area contributed by atoms with Gasteiger partial charge in [0, 0.05) is 18.8 Å². The second kappa shape index (κ2) is 5.31. The fraction of sp³-hybridized carbons (Fsp3) is 0.625. The van der Waals surface area contributed by atoms with Gasteiger partial charge in [-0.1, -0.05) is 32.9 Å². The van der Waals surface area contributed by atoms with Crippen LogP contribution in [-0.2, 0) is 6.42 Å². The molecule has 0 saturated carbocycles. The van der Waals surface area contributed by atoms with Crippen LogP contribution in [0.25, 0.3) is 0 Å². The summed E-state index contributed by atoms with van der Waals surface area (Å²) in [5.41, 5.74) is 8.49. The predicted octanol–water partition coefficient (Wildman–Crippen LogP) is 3.18. The van der Waals surface area contributed by atoms with E-state index < -0.39 is 0 Å². The number of rotatable bonds is 3. The van der Waals surface area contributed by atoms with E-state index in [1.54, 1.807) is 0 Å². The second-order valence-corrected chi connectivity index (χ2v) is 6.65. The summed E-state index contributed by atoms with van der Waals surface area (Å²) in [4.78, 5) is 2.60. The summed E-state index contributed by atoms with van der Waals surface area (Å²) in [5, 5.41) is 0.